The van der Waals surface area contributed by atoms with E-state index in [2.05, 4.69) is 29.4 Å². The number of nitro benzene ring substituents is 1. The minimum absolute atomic E-state index is 0.0677. The molecule has 0 atom stereocenters. The lowest BCUT2D eigenvalue weighted by Crippen LogP contribution is -2.22. The van der Waals surface area contributed by atoms with Crippen LogP contribution in [0.5, 0.6) is 0 Å². The van der Waals surface area contributed by atoms with Gasteiger partial charge in [-0.1, -0.05) is 37.3 Å². The second-order valence-corrected chi connectivity index (χ2v) is 6.19. The van der Waals surface area contributed by atoms with Gasteiger partial charge in [0.1, 0.15) is 5.01 Å². The molecule has 1 heterocycles. The van der Waals surface area contributed by atoms with E-state index in [0.29, 0.717) is 16.5 Å². The van der Waals surface area contributed by atoms with Gasteiger partial charge in [0.05, 0.1) is 10.5 Å². The van der Waals surface area contributed by atoms with Crippen LogP contribution < -0.4 is 5.32 Å². The SMILES string of the molecule is CC(C)CNCCc1nnc(-c2ccccc2[N+](=O)[O-])s1. The Morgan fingerprint density at radius 3 is 2.81 bits per heavy atom. The predicted molar refractivity (Wildman–Crippen MR) is 83.4 cm³/mol. The summed E-state index contributed by atoms with van der Waals surface area (Å²) >= 11 is 1.41. The summed E-state index contributed by atoms with van der Waals surface area (Å²) in [7, 11) is 0. The summed E-state index contributed by atoms with van der Waals surface area (Å²) in [4.78, 5) is 10.6. The van der Waals surface area contributed by atoms with Crippen molar-refractivity contribution in [3.8, 4) is 10.6 Å². The zero-order chi connectivity index (χ0) is 15.2. The second kappa shape index (κ2) is 7.24. The number of aromatic nitrogens is 2. The molecule has 1 N–H and O–H groups in total. The quantitative estimate of drug-likeness (QED) is 0.483. The first-order valence-corrected chi connectivity index (χ1v) is 7.66. The van der Waals surface area contributed by atoms with E-state index in [1.54, 1.807) is 18.2 Å². The molecule has 0 amide bonds. The lowest BCUT2D eigenvalue weighted by molar-refractivity contribution is -0.384. The van der Waals surface area contributed by atoms with Gasteiger partial charge < -0.3 is 5.32 Å². The van der Waals surface area contributed by atoms with Crippen molar-refractivity contribution >= 4 is 17.0 Å². The van der Waals surface area contributed by atoms with Crippen molar-refractivity contribution < 1.29 is 4.92 Å². The van der Waals surface area contributed by atoms with Crippen LogP contribution in [0.15, 0.2) is 24.3 Å². The summed E-state index contributed by atoms with van der Waals surface area (Å²) in [6, 6.07) is 6.62. The number of hydrogen-bond acceptors (Lipinski definition) is 6. The zero-order valence-electron chi connectivity index (χ0n) is 12.1. The fourth-order valence-electron chi connectivity index (χ4n) is 1.86. The van der Waals surface area contributed by atoms with Crippen LogP contribution in [0.1, 0.15) is 18.9 Å². The third-order valence-corrected chi connectivity index (χ3v) is 3.88. The molecule has 2 aromatic rings. The van der Waals surface area contributed by atoms with E-state index < -0.39 is 0 Å². The highest BCUT2D eigenvalue weighted by atomic mass is 32.1. The molecule has 0 spiro atoms. The Morgan fingerprint density at radius 1 is 1.33 bits per heavy atom. The van der Waals surface area contributed by atoms with Gasteiger partial charge in [0, 0.05) is 19.0 Å². The molecule has 0 aliphatic heterocycles. The first kappa shape index (κ1) is 15.5. The van der Waals surface area contributed by atoms with Crippen molar-refractivity contribution in [2.75, 3.05) is 13.1 Å². The van der Waals surface area contributed by atoms with Crippen molar-refractivity contribution in [2.24, 2.45) is 5.92 Å². The van der Waals surface area contributed by atoms with Crippen molar-refractivity contribution in [3.05, 3.63) is 39.4 Å². The minimum atomic E-state index is -0.388. The van der Waals surface area contributed by atoms with Gasteiger partial charge in [-0.25, -0.2) is 0 Å². The molecule has 0 aliphatic rings. The zero-order valence-corrected chi connectivity index (χ0v) is 12.9. The Bertz CT molecular complexity index is 613. The van der Waals surface area contributed by atoms with E-state index in [0.717, 1.165) is 24.5 Å². The molecule has 1 aromatic heterocycles. The van der Waals surface area contributed by atoms with Crippen LogP contribution in [0.2, 0.25) is 0 Å². The molecule has 0 radical (unpaired) electrons. The maximum atomic E-state index is 11.0. The Morgan fingerprint density at radius 2 is 2.10 bits per heavy atom. The fraction of sp³-hybridized carbons (Fsp3) is 0.429. The molecular weight excluding hydrogens is 288 g/mol. The normalized spacial score (nSPS) is 11.0. The largest absolute Gasteiger partial charge is 0.316 e. The second-order valence-electron chi connectivity index (χ2n) is 5.12. The van der Waals surface area contributed by atoms with Gasteiger partial charge in [0.2, 0.25) is 0 Å². The number of rotatable bonds is 7. The van der Waals surface area contributed by atoms with Crippen LogP contribution in [0, 0.1) is 16.0 Å². The number of para-hydroxylation sites is 1. The first-order chi connectivity index (χ1) is 10.1. The average molecular weight is 306 g/mol. The predicted octanol–water partition coefficient (Wildman–Crippen LogP) is 2.90. The molecule has 6 nitrogen and oxygen atoms in total. The molecule has 0 fully saturated rings. The molecule has 21 heavy (non-hydrogen) atoms. The maximum Gasteiger partial charge on any atom is 0.279 e. The third kappa shape index (κ3) is 4.30. The van der Waals surface area contributed by atoms with Crippen LogP contribution in [-0.4, -0.2) is 28.2 Å². The van der Waals surface area contributed by atoms with E-state index in [-0.39, 0.29) is 10.6 Å². The summed E-state index contributed by atoms with van der Waals surface area (Å²) in [5.41, 5.74) is 0.597. The van der Waals surface area contributed by atoms with Gasteiger partial charge in [0.25, 0.3) is 5.69 Å². The Labute approximate surface area is 127 Å². The average Bonchev–Trinajstić information content (AvgIpc) is 2.92. The number of benzene rings is 1. The van der Waals surface area contributed by atoms with E-state index in [9.17, 15) is 10.1 Å². The molecule has 0 saturated carbocycles. The van der Waals surface area contributed by atoms with E-state index >= 15 is 0 Å². The molecular formula is C14H18N4O2S. The summed E-state index contributed by atoms with van der Waals surface area (Å²) in [5, 5.41) is 24.1. The fourth-order valence-corrected chi connectivity index (χ4v) is 2.74. The monoisotopic (exact) mass is 306 g/mol. The highest BCUT2D eigenvalue weighted by Crippen LogP contribution is 2.31. The number of nitrogens with zero attached hydrogens (tertiary/aromatic N) is 3. The van der Waals surface area contributed by atoms with Crippen molar-refractivity contribution in [1.82, 2.24) is 15.5 Å². The Kier molecular flexibility index (Phi) is 5.35. The van der Waals surface area contributed by atoms with Gasteiger partial charge in [-0.05, 0) is 18.5 Å². The molecule has 2 rings (SSSR count). The molecule has 7 heteroatoms. The molecule has 1 aromatic carbocycles. The Balaban J connectivity index is 2.05. The summed E-state index contributed by atoms with van der Waals surface area (Å²) in [6.45, 7) is 6.12. The highest BCUT2D eigenvalue weighted by molar-refractivity contribution is 7.14. The van der Waals surface area contributed by atoms with Crippen molar-refractivity contribution in [3.63, 3.8) is 0 Å². The third-order valence-electron chi connectivity index (χ3n) is 2.87. The van der Waals surface area contributed by atoms with E-state index in [1.165, 1.54) is 17.4 Å². The lowest BCUT2D eigenvalue weighted by atomic mass is 10.2. The smallest absolute Gasteiger partial charge is 0.279 e. The molecule has 112 valence electrons. The lowest BCUT2D eigenvalue weighted by Gasteiger charge is -2.05. The topological polar surface area (TPSA) is 81.0 Å². The van der Waals surface area contributed by atoms with E-state index in [1.807, 2.05) is 0 Å². The maximum absolute atomic E-state index is 11.0. The highest BCUT2D eigenvalue weighted by Gasteiger charge is 2.17. The molecule has 0 aliphatic carbocycles. The minimum Gasteiger partial charge on any atom is -0.316 e. The van der Waals surface area contributed by atoms with Crippen LogP contribution in [0.25, 0.3) is 10.6 Å². The van der Waals surface area contributed by atoms with Crippen molar-refractivity contribution in [1.29, 1.82) is 0 Å². The summed E-state index contributed by atoms with van der Waals surface area (Å²) in [5.74, 6) is 0.613. The standard InChI is InChI=1S/C14H18N4O2S/c1-10(2)9-15-8-7-13-16-17-14(21-13)11-5-3-4-6-12(11)18(19)20/h3-6,10,15H,7-9H2,1-2H3. The first-order valence-electron chi connectivity index (χ1n) is 6.85. The van der Waals surface area contributed by atoms with Crippen LogP contribution in [0.3, 0.4) is 0 Å². The van der Waals surface area contributed by atoms with Crippen LogP contribution in [-0.2, 0) is 6.42 Å². The Hall–Kier alpha value is -1.86. The van der Waals surface area contributed by atoms with Crippen LogP contribution >= 0.6 is 11.3 Å². The van der Waals surface area contributed by atoms with E-state index in [4.69, 9.17) is 0 Å². The van der Waals surface area contributed by atoms with Gasteiger partial charge in [0.15, 0.2) is 5.01 Å². The molecule has 0 saturated heterocycles. The number of nitro groups is 1. The van der Waals surface area contributed by atoms with Gasteiger partial charge in [-0.2, -0.15) is 0 Å². The van der Waals surface area contributed by atoms with Gasteiger partial charge in [-0.3, -0.25) is 10.1 Å². The summed E-state index contributed by atoms with van der Waals surface area (Å²) < 4.78 is 0. The van der Waals surface area contributed by atoms with Gasteiger partial charge in [-0.15, -0.1) is 10.2 Å². The summed E-state index contributed by atoms with van der Waals surface area (Å²) in [6.07, 6.45) is 0.783. The number of nitrogens with one attached hydrogen (secondary N) is 1. The molecule has 0 unspecified atom stereocenters. The van der Waals surface area contributed by atoms with Crippen LogP contribution in [0.4, 0.5) is 5.69 Å². The number of hydrogen-bond donors (Lipinski definition) is 1. The van der Waals surface area contributed by atoms with Crippen molar-refractivity contribution in [2.45, 2.75) is 20.3 Å². The molecule has 0 bridgehead atoms. The van der Waals surface area contributed by atoms with Gasteiger partial charge >= 0.3 is 0 Å².